The molecular weight excluding hydrogens is 206 g/mol. The minimum Gasteiger partial charge on any atom is -0.480 e. The fourth-order valence-corrected chi connectivity index (χ4v) is 1.84. The van der Waals surface area contributed by atoms with E-state index in [1.807, 2.05) is 31.2 Å². The van der Waals surface area contributed by atoms with Gasteiger partial charge in [0.2, 0.25) is 0 Å². The van der Waals surface area contributed by atoms with Gasteiger partial charge in [-0.1, -0.05) is 18.2 Å². The van der Waals surface area contributed by atoms with Crippen LogP contribution in [0.5, 0.6) is 0 Å². The first-order valence-corrected chi connectivity index (χ1v) is 5.03. The van der Waals surface area contributed by atoms with Crippen molar-refractivity contribution in [2.24, 2.45) is 0 Å². The Bertz CT molecular complexity index is 530. The molecule has 1 atom stereocenters. The van der Waals surface area contributed by atoms with Gasteiger partial charge in [0.05, 0.1) is 0 Å². The molecule has 4 heteroatoms. The molecule has 2 rings (SSSR count). The summed E-state index contributed by atoms with van der Waals surface area (Å²) in [7, 11) is 1.60. The maximum Gasteiger partial charge on any atom is 0.328 e. The van der Waals surface area contributed by atoms with Crippen LogP contribution < -0.4 is 5.32 Å². The van der Waals surface area contributed by atoms with E-state index in [1.54, 1.807) is 7.05 Å². The fraction of sp³-hybridized carbons (Fsp3) is 0.250. The summed E-state index contributed by atoms with van der Waals surface area (Å²) in [6.07, 6.45) is 0. The van der Waals surface area contributed by atoms with Crippen LogP contribution in [-0.2, 0) is 4.79 Å². The second kappa shape index (κ2) is 3.98. The smallest absolute Gasteiger partial charge is 0.328 e. The molecule has 0 spiro atoms. The van der Waals surface area contributed by atoms with Crippen molar-refractivity contribution in [3.63, 3.8) is 0 Å². The molecule has 1 aromatic carbocycles. The van der Waals surface area contributed by atoms with E-state index in [0.717, 1.165) is 16.5 Å². The molecule has 0 fully saturated rings. The van der Waals surface area contributed by atoms with Crippen molar-refractivity contribution in [3.05, 3.63) is 35.6 Å². The zero-order valence-corrected chi connectivity index (χ0v) is 9.15. The summed E-state index contributed by atoms with van der Waals surface area (Å²) < 4.78 is 5.57. The average molecular weight is 219 g/mol. The molecule has 0 aliphatic carbocycles. The van der Waals surface area contributed by atoms with Crippen LogP contribution in [0.1, 0.15) is 17.4 Å². The third-order valence-electron chi connectivity index (χ3n) is 2.68. The zero-order chi connectivity index (χ0) is 11.7. The molecule has 1 aromatic heterocycles. The second-order valence-electron chi connectivity index (χ2n) is 3.65. The number of aryl methyl sites for hydroxylation is 1. The van der Waals surface area contributed by atoms with Crippen LogP contribution in [0.4, 0.5) is 0 Å². The second-order valence-corrected chi connectivity index (χ2v) is 3.65. The van der Waals surface area contributed by atoms with Gasteiger partial charge >= 0.3 is 5.97 Å². The quantitative estimate of drug-likeness (QED) is 0.829. The number of fused-ring (bicyclic) bond motifs is 1. The van der Waals surface area contributed by atoms with Crippen LogP contribution >= 0.6 is 0 Å². The molecular formula is C12H13NO3. The molecule has 0 saturated carbocycles. The Morgan fingerprint density at radius 3 is 2.69 bits per heavy atom. The summed E-state index contributed by atoms with van der Waals surface area (Å²) in [5.74, 6) is -0.471. The number of furan rings is 1. The number of aliphatic carboxylic acids is 1. The van der Waals surface area contributed by atoms with Gasteiger partial charge in [0, 0.05) is 10.9 Å². The molecule has 16 heavy (non-hydrogen) atoms. The van der Waals surface area contributed by atoms with Crippen LogP contribution in [-0.4, -0.2) is 18.1 Å². The van der Waals surface area contributed by atoms with E-state index in [-0.39, 0.29) is 0 Å². The molecule has 0 saturated heterocycles. The van der Waals surface area contributed by atoms with Gasteiger partial charge in [-0.2, -0.15) is 0 Å². The molecule has 84 valence electrons. The normalized spacial score (nSPS) is 12.9. The van der Waals surface area contributed by atoms with E-state index in [4.69, 9.17) is 9.52 Å². The first-order chi connectivity index (χ1) is 7.65. The standard InChI is InChI=1S/C12H13NO3/c1-7-8-5-3-4-6-9(8)16-11(7)10(13-2)12(14)15/h3-6,10,13H,1-2H3,(H,14,15). The largest absolute Gasteiger partial charge is 0.480 e. The Balaban J connectivity index is 2.60. The molecule has 1 heterocycles. The van der Waals surface area contributed by atoms with Crippen molar-refractivity contribution in [1.29, 1.82) is 0 Å². The van der Waals surface area contributed by atoms with Crippen LogP contribution in [0.3, 0.4) is 0 Å². The molecule has 0 radical (unpaired) electrons. The predicted molar refractivity (Wildman–Crippen MR) is 60.4 cm³/mol. The lowest BCUT2D eigenvalue weighted by Crippen LogP contribution is -2.25. The molecule has 1 unspecified atom stereocenters. The molecule has 0 aliphatic rings. The Kier molecular flexibility index (Phi) is 2.66. The number of hydrogen-bond donors (Lipinski definition) is 2. The van der Waals surface area contributed by atoms with E-state index in [9.17, 15) is 4.79 Å². The minimum atomic E-state index is -0.940. The van der Waals surface area contributed by atoms with Gasteiger partial charge < -0.3 is 14.8 Å². The molecule has 2 aromatic rings. The molecule has 2 N–H and O–H groups in total. The average Bonchev–Trinajstić information content (AvgIpc) is 2.58. The first kappa shape index (κ1) is 10.7. The highest BCUT2D eigenvalue weighted by atomic mass is 16.4. The Morgan fingerprint density at radius 1 is 1.44 bits per heavy atom. The summed E-state index contributed by atoms with van der Waals surface area (Å²) in [4.78, 5) is 11.0. The number of likely N-dealkylation sites (N-methyl/N-ethyl adjacent to an activating group) is 1. The number of hydrogen-bond acceptors (Lipinski definition) is 3. The van der Waals surface area contributed by atoms with E-state index in [2.05, 4.69) is 5.32 Å². The number of benzene rings is 1. The van der Waals surface area contributed by atoms with Gasteiger partial charge in [-0.15, -0.1) is 0 Å². The van der Waals surface area contributed by atoms with Gasteiger partial charge in [0.1, 0.15) is 11.3 Å². The Hall–Kier alpha value is -1.81. The number of para-hydroxylation sites is 1. The lowest BCUT2D eigenvalue weighted by atomic mass is 10.1. The highest BCUT2D eigenvalue weighted by molar-refractivity contribution is 5.85. The van der Waals surface area contributed by atoms with E-state index in [0.29, 0.717) is 5.76 Å². The minimum absolute atomic E-state index is 0.469. The highest BCUT2D eigenvalue weighted by Crippen LogP contribution is 2.29. The number of carboxylic acid groups (broad SMARTS) is 1. The number of nitrogens with one attached hydrogen (secondary N) is 1. The summed E-state index contributed by atoms with van der Waals surface area (Å²) in [6.45, 7) is 1.87. The Morgan fingerprint density at radius 2 is 2.12 bits per heavy atom. The monoisotopic (exact) mass is 219 g/mol. The molecule has 0 aliphatic heterocycles. The van der Waals surface area contributed by atoms with E-state index in [1.165, 1.54) is 0 Å². The van der Waals surface area contributed by atoms with Gasteiger partial charge in [-0.25, -0.2) is 0 Å². The third-order valence-corrected chi connectivity index (χ3v) is 2.68. The third kappa shape index (κ3) is 1.57. The highest BCUT2D eigenvalue weighted by Gasteiger charge is 2.24. The topological polar surface area (TPSA) is 62.5 Å². The SMILES string of the molecule is CNC(C(=O)O)c1oc2ccccc2c1C. The number of carboxylic acids is 1. The first-order valence-electron chi connectivity index (χ1n) is 5.03. The van der Waals surface area contributed by atoms with E-state index < -0.39 is 12.0 Å². The lowest BCUT2D eigenvalue weighted by molar-refractivity contribution is -0.139. The fourth-order valence-electron chi connectivity index (χ4n) is 1.84. The summed E-state index contributed by atoms with van der Waals surface area (Å²) in [5.41, 5.74) is 1.59. The summed E-state index contributed by atoms with van der Waals surface area (Å²) in [6, 6.07) is 6.73. The van der Waals surface area contributed by atoms with Crippen LogP contribution in [0.15, 0.2) is 28.7 Å². The van der Waals surface area contributed by atoms with Crippen LogP contribution in [0.2, 0.25) is 0 Å². The Labute approximate surface area is 92.9 Å². The van der Waals surface area contributed by atoms with Crippen molar-refractivity contribution in [1.82, 2.24) is 5.32 Å². The number of rotatable bonds is 3. The molecule has 0 amide bonds. The van der Waals surface area contributed by atoms with Crippen molar-refractivity contribution in [3.8, 4) is 0 Å². The predicted octanol–water partition coefficient (Wildman–Crippen LogP) is 2.09. The zero-order valence-electron chi connectivity index (χ0n) is 9.15. The summed E-state index contributed by atoms with van der Waals surface area (Å²) >= 11 is 0. The van der Waals surface area contributed by atoms with Crippen LogP contribution in [0.25, 0.3) is 11.0 Å². The van der Waals surface area contributed by atoms with Crippen molar-refractivity contribution in [2.45, 2.75) is 13.0 Å². The van der Waals surface area contributed by atoms with Gasteiger partial charge in [0.15, 0.2) is 6.04 Å². The maximum atomic E-state index is 11.0. The number of carbonyl (C=O) groups is 1. The van der Waals surface area contributed by atoms with Crippen molar-refractivity contribution >= 4 is 16.9 Å². The van der Waals surface area contributed by atoms with Gasteiger partial charge in [-0.05, 0) is 20.0 Å². The van der Waals surface area contributed by atoms with Crippen molar-refractivity contribution in [2.75, 3.05) is 7.05 Å². The van der Waals surface area contributed by atoms with Crippen LogP contribution in [0, 0.1) is 6.92 Å². The van der Waals surface area contributed by atoms with Gasteiger partial charge in [0.25, 0.3) is 0 Å². The lowest BCUT2D eigenvalue weighted by Gasteiger charge is -2.08. The maximum absolute atomic E-state index is 11.0. The van der Waals surface area contributed by atoms with Gasteiger partial charge in [-0.3, -0.25) is 4.79 Å². The molecule has 4 nitrogen and oxygen atoms in total. The summed E-state index contributed by atoms with van der Waals surface area (Å²) in [5, 5.41) is 12.7. The molecule has 0 bridgehead atoms. The van der Waals surface area contributed by atoms with Crippen molar-refractivity contribution < 1.29 is 14.3 Å². The van der Waals surface area contributed by atoms with E-state index >= 15 is 0 Å².